The maximum atomic E-state index is 13.4. The maximum absolute atomic E-state index is 13.4. The van der Waals surface area contributed by atoms with E-state index in [9.17, 15) is 9.50 Å². The van der Waals surface area contributed by atoms with Gasteiger partial charge in [-0.25, -0.2) is 4.39 Å². The van der Waals surface area contributed by atoms with E-state index >= 15 is 0 Å². The van der Waals surface area contributed by atoms with Gasteiger partial charge in [0, 0.05) is 16.1 Å². The number of aromatic hydroxyl groups is 1. The Morgan fingerprint density at radius 3 is 2.50 bits per heavy atom. The molecule has 18 heavy (non-hydrogen) atoms. The molecule has 102 valence electrons. The van der Waals surface area contributed by atoms with Gasteiger partial charge in [-0.05, 0) is 30.9 Å². The lowest BCUT2D eigenvalue weighted by molar-refractivity contribution is 0.300. The molecule has 1 atom stereocenters. The van der Waals surface area contributed by atoms with Gasteiger partial charge in [0.15, 0.2) is 11.6 Å². The van der Waals surface area contributed by atoms with Crippen LogP contribution in [0, 0.1) is 11.7 Å². The minimum atomic E-state index is -0.611. The van der Waals surface area contributed by atoms with Gasteiger partial charge >= 0.3 is 0 Å². The molecule has 3 N–H and O–H groups in total. The first-order valence-electron chi connectivity index (χ1n) is 6.03. The average Bonchev–Trinajstić information content (AvgIpc) is 2.34. The zero-order chi connectivity index (χ0) is 12.4. The Bertz CT molecular complexity index is 410. The Balaban J connectivity index is 0.00000162. The van der Waals surface area contributed by atoms with Gasteiger partial charge in [0.25, 0.3) is 0 Å². The minimum Gasteiger partial charge on any atom is -0.505 e. The average molecular weight is 339 g/mol. The van der Waals surface area contributed by atoms with E-state index in [0.717, 1.165) is 12.8 Å². The van der Waals surface area contributed by atoms with Gasteiger partial charge in [-0.3, -0.25) is 0 Å². The molecule has 0 spiro atoms. The third-order valence-corrected chi connectivity index (χ3v) is 4.03. The van der Waals surface area contributed by atoms with E-state index < -0.39 is 5.82 Å². The standard InChI is InChI=1S/C13H17BrFNO.ClH/c14-9-6-10(13(17)11(15)7-9)12(16)8-4-2-1-3-5-8;/h6-8,12,17H,1-5,16H2;1H/t12-;/m0./s1. The van der Waals surface area contributed by atoms with Crippen molar-refractivity contribution < 1.29 is 9.50 Å². The van der Waals surface area contributed by atoms with Crippen molar-refractivity contribution in [2.45, 2.75) is 38.1 Å². The van der Waals surface area contributed by atoms with Crippen LogP contribution in [-0.2, 0) is 0 Å². The van der Waals surface area contributed by atoms with Crippen LogP contribution in [-0.4, -0.2) is 5.11 Å². The van der Waals surface area contributed by atoms with E-state index in [1.807, 2.05) is 0 Å². The molecular formula is C13H18BrClFNO. The first-order chi connectivity index (χ1) is 8.09. The molecule has 0 radical (unpaired) electrons. The fourth-order valence-corrected chi connectivity index (χ4v) is 3.03. The summed E-state index contributed by atoms with van der Waals surface area (Å²) < 4.78 is 14.1. The van der Waals surface area contributed by atoms with Crippen LogP contribution in [0.3, 0.4) is 0 Å². The van der Waals surface area contributed by atoms with Gasteiger partial charge in [0.2, 0.25) is 0 Å². The molecule has 2 nitrogen and oxygen atoms in total. The van der Waals surface area contributed by atoms with Crippen molar-refractivity contribution in [2.24, 2.45) is 11.7 Å². The number of rotatable bonds is 2. The van der Waals surface area contributed by atoms with E-state index in [1.165, 1.54) is 25.3 Å². The van der Waals surface area contributed by atoms with E-state index in [0.29, 0.717) is 16.0 Å². The lowest BCUT2D eigenvalue weighted by Crippen LogP contribution is -2.23. The smallest absolute Gasteiger partial charge is 0.166 e. The van der Waals surface area contributed by atoms with Gasteiger partial charge in [-0.15, -0.1) is 12.4 Å². The number of halogens is 3. The summed E-state index contributed by atoms with van der Waals surface area (Å²) >= 11 is 3.23. The Hall–Kier alpha value is -0.320. The number of hydrogen-bond donors (Lipinski definition) is 2. The second kappa shape index (κ2) is 6.73. The lowest BCUT2D eigenvalue weighted by Gasteiger charge is -2.28. The third-order valence-electron chi connectivity index (χ3n) is 3.57. The monoisotopic (exact) mass is 337 g/mol. The Labute approximate surface area is 121 Å². The predicted molar refractivity (Wildman–Crippen MR) is 76.5 cm³/mol. The number of benzene rings is 1. The highest BCUT2D eigenvalue weighted by molar-refractivity contribution is 9.10. The molecule has 0 amide bonds. The summed E-state index contributed by atoms with van der Waals surface area (Å²) in [4.78, 5) is 0. The van der Waals surface area contributed by atoms with Gasteiger partial charge in [-0.1, -0.05) is 35.2 Å². The summed E-state index contributed by atoms with van der Waals surface area (Å²) in [6.45, 7) is 0. The predicted octanol–water partition coefficient (Wildman–Crippen LogP) is 4.30. The Morgan fingerprint density at radius 1 is 1.28 bits per heavy atom. The molecule has 0 heterocycles. The van der Waals surface area contributed by atoms with Crippen molar-refractivity contribution in [2.75, 3.05) is 0 Å². The molecule has 0 unspecified atom stereocenters. The van der Waals surface area contributed by atoms with Crippen LogP contribution in [0.1, 0.15) is 43.7 Å². The van der Waals surface area contributed by atoms with Crippen molar-refractivity contribution in [1.29, 1.82) is 0 Å². The SMILES string of the molecule is Cl.N[C@H](c1cc(Br)cc(F)c1O)C1CCCCC1. The van der Waals surface area contributed by atoms with Crippen LogP contribution in [0.2, 0.25) is 0 Å². The largest absolute Gasteiger partial charge is 0.505 e. The van der Waals surface area contributed by atoms with Crippen LogP contribution in [0.5, 0.6) is 5.75 Å². The molecule has 1 fully saturated rings. The van der Waals surface area contributed by atoms with E-state index in [-0.39, 0.29) is 24.2 Å². The molecule has 1 aromatic rings. The molecule has 2 rings (SSSR count). The van der Waals surface area contributed by atoms with Gasteiger partial charge in [-0.2, -0.15) is 0 Å². The highest BCUT2D eigenvalue weighted by atomic mass is 79.9. The van der Waals surface area contributed by atoms with Gasteiger partial charge in [0.05, 0.1) is 0 Å². The topological polar surface area (TPSA) is 46.2 Å². The Morgan fingerprint density at radius 2 is 1.89 bits per heavy atom. The normalized spacial score (nSPS) is 18.2. The number of phenols is 1. The second-order valence-electron chi connectivity index (χ2n) is 4.75. The Kier molecular flexibility index (Phi) is 5.89. The lowest BCUT2D eigenvalue weighted by atomic mass is 9.81. The molecule has 0 saturated heterocycles. The molecule has 0 bridgehead atoms. The summed E-state index contributed by atoms with van der Waals surface area (Å²) in [5.74, 6) is -0.560. The van der Waals surface area contributed by atoms with Crippen molar-refractivity contribution in [3.05, 3.63) is 28.0 Å². The van der Waals surface area contributed by atoms with Gasteiger partial charge in [0.1, 0.15) is 0 Å². The van der Waals surface area contributed by atoms with Crippen molar-refractivity contribution in [1.82, 2.24) is 0 Å². The number of hydrogen-bond acceptors (Lipinski definition) is 2. The zero-order valence-corrected chi connectivity index (χ0v) is 12.4. The van der Waals surface area contributed by atoms with Crippen molar-refractivity contribution >= 4 is 28.3 Å². The number of nitrogens with two attached hydrogens (primary N) is 1. The first-order valence-corrected chi connectivity index (χ1v) is 6.82. The maximum Gasteiger partial charge on any atom is 0.166 e. The van der Waals surface area contributed by atoms with Gasteiger partial charge < -0.3 is 10.8 Å². The van der Waals surface area contributed by atoms with Crippen LogP contribution >= 0.6 is 28.3 Å². The van der Waals surface area contributed by atoms with E-state index in [2.05, 4.69) is 15.9 Å². The minimum absolute atomic E-state index is 0. The molecule has 0 aliphatic heterocycles. The van der Waals surface area contributed by atoms with E-state index in [4.69, 9.17) is 5.73 Å². The summed E-state index contributed by atoms with van der Waals surface area (Å²) in [6.07, 6.45) is 5.73. The highest BCUT2D eigenvalue weighted by Crippen LogP contribution is 2.38. The second-order valence-corrected chi connectivity index (χ2v) is 5.66. The summed E-state index contributed by atoms with van der Waals surface area (Å²) in [6, 6.07) is 2.70. The van der Waals surface area contributed by atoms with Crippen molar-refractivity contribution in [3.63, 3.8) is 0 Å². The number of phenolic OH excluding ortho intramolecular Hbond substituents is 1. The molecule has 1 saturated carbocycles. The molecule has 1 aromatic carbocycles. The van der Waals surface area contributed by atoms with Crippen LogP contribution < -0.4 is 5.73 Å². The highest BCUT2D eigenvalue weighted by Gasteiger charge is 2.25. The van der Waals surface area contributed by atoms with Crippen molar-refractivity contribution in [3.8, 4) is 5.75 Å². The summed E-state index contributed by atoms with van der Waals surface area (Å²) in [5.41, 5.74) is 6.68. The quantitative estimate of drug-likeness (QED) is 0.844. The zero-order valence-electron chi connectivity index (χ0n) is 10.0. The fourth-order valence-electron chi connectivity index (χ4n) is 2.59. The van der Waals surface area contributed by atoms with E-state index in [1.54, 1.807) is 6.07 Å². The first kappa shape index (κ1) is 15.7. The third kappa shape index (κ3) is 3.37. The molecule has 1 aliphatic carbocycles. The van der Waals surface area contributed by atoms with Crippen LogP contribution in [0.25, 0.3) is 0 Å². The summed E-state index contributed by atoms with van der Waals surface area (Å²) in [7, 11) is 0. The molecular weight excluding hydrogens is 321 g/mol. The molecule has 1 aliphatic rings. The summed E-state index contributed by atoms with van der Waals surface area (Å²) in [5, 5.41) is 9.75. The van der Waals surface area contributed by atoms with Crippen LogP contribution in [0.15, 0.2) is 16.6 Å². The van der Waals surface area contributed by atoms with Crippen LogP contribution in [0.4, 0.5) is 4.39 Å². The molecule has 5 heteroatoms. The fraction of sp³-hybridized carbons (Fsp3) is 0.538. The molecule has 0 aromatic heterocycles.